The van der Waals surface area contributed by atoms with Crippen molar-refractivity contribution in [2.45, 2.75) is 168 Å². The van der Waals surface area contributed by atoms with Crippen molar-refractivity contribution in [3.63, 3.8) is 0 Å². The molecule has 55 heavy (non-hydrogen) atoms. The second-order valence-electron chi connectivity index (χ2n) is 13.6. The van der Waals surface area contributed by atoms with E-state index in [1.807, 2.05) is 12.2 Å². The summed E-state index contributed by atoms with van der Waals surface area (Å²) in [5.41, 5.74) is 0. The summed E-state index contributed by atoms with van der Waals surface area (Å²) in [5, 5.41) is 0. The summed E-state index contributed by atoms with van der Waals surface area (Å²) >= 11 is 0. The molecule has 0 aliphatic rings. The van der Waals surface area contributed by atoms with E-state index in [9.17, 15) is 14.4 Å². The quantitative estimate of drug-likeness (QED) is 0.0208. The lowest BCUT2D eigenvalue weighted by molar-refractivity contribution is -0.166. The monoisotopic (exact) mass is 761 g/mol. The highest BCUT2D eigenvalue weighted by Gasteiger charge is 2.19. The van der Waals surface area contributed by atoms with E-state index in [4.69, 9.17) is 14.2 Å². The summed E-state index contributed by atoms with van der Waals surface area (Å²) in [6, 6.07) is 0. The van der Waals surface area contributed by atoms with E-state index in [1.165, 1.54) is 25.7 Å². The number of unbranched alkanes of at least 4 members (excludes halogenated alkanes) is 12. The summed E-state index contributed by atoms with van der Waals surface area (Å²) in [4.78, 5) is 37.6. The van der Waals surface area contributed by atoms with Crippen LogP contribution in [0.3, 0.4) is 0 Å². The Bertz CT molecular complexity index is 1200. The van der Waals surface area contributed by atoms with Crippen molar-refractivity contribution in [3.8, 4) is 0 Å². The minimum Gasteiger partial charge on any atom is -0.462 e. The molecule has 0 aliphatic heterocycles. The third kappa shape index (κ3) is 41.1. The Morgan fingerprint density at radius 3 is 1.31 bits per heavy atom. The summed E-state index contributed by atoms with van der Waals surface area (Å²) in [6.45, 7) is 6.09. The van der Waals surface area contributed by atoms with Crippen LogP contribution in [-0.4, -0.2) is 37.2 Å². The fourth-order valence-electron chi connectivity index (χ4n) is 5.26. The van der Waals surface area contributed by atoms with Gasteiger partial charge in [-0.3, -0.25) is 14.4 Å². The Balaban J connectivity index is 4.50. The van der Waals surface area contributed by atoms with Gasteiger partial charge in [0.05, 0.1) is 6.42 Å². The van der Waals surface area contributed by atoms with Gasteiger partial charge in [0.25, 0.3) is 0 Å². The van der Waals surface area contributed by atoms with Gasteiger partial charge in [0.2, 0.25) is 0 Å². The molecule has 0 spiro atoms. The molecule has 0 aromatic heterocycles. The van der Waals surface area contributed by atoms with Crippen molar-refractivity contribution in [2.75, 3.05) is 13.2 Å². The SMILES string of the molecule is CC\C=C/C=C\C=C/CCCCCCCCCC(=O)OCC(COC(=O)C/C=C\C/C=C\C/C=C\CC)OC(=O)CCCCCCC\C=C/C=C\C=C/CC. The summed E-state index contributed by atoms with van der Waals surface area (Å²) in [5.74, 6) is -1.10. The zero-order valence-corrected chi connectivity index (χ0v) is 34.9. The first-order valence-corrected chi connectivity index (χ1v) is 21.5. The van der Waals surface area contributed by atoms with Gasteiger partial charge in [-0.05, 0) is 70.6 Å². The van der Waals surface area contributed by atoms with Gasteiger partial charge in [-0.15, -0.1) is 0 Å². The number of ether oxygens (including phenoxy) is 3. The summed E-state index contributed by atoms with van der Waals surface area (Å²) in [7, 11) is 0. The maximum absolute atomic E-state index is 12.7. The van der Waals surface area contributed by atoms with Gasteiger partial charge >= 0.3 is 17.9 Å². The molecule has 1 unspecified atom stereocenters. The van der Waals surface area contributed by atoms with Crippen LogP contribution in [0.15, 0.2) is 109 Å². The van der Waals surface area contributed by atoms with Crippen molar-refractivity contribution in [1.29, 1.82) is 0 Å². The molecule has 0 rings (SSSR count). The fourth-order valence-corrected chi connectivity index (χ4v) is 5.26. The predicted molar refractivity (Wildman–Crippen MR) is 233 cm³/mol. The molecule has 0 fully saturated rings. The maximum Gasteiger partial charge on any atom is 0.309 e. The van der Waals surface area contributed by atoms with Crippen molar-refractivity contribution in [3.05, 3.63) is 109 Å². The molecule has 308 valence electrons. The number of carbonyl (C=O) groups excluding carboxylic acids is 3. The van der Waals surface area contributed by atoms with E-state index in [0.29, 0.717) is 6.42 Å². The molecule has 6 heteroatoms. The molecule has 0 aromatic rings. The van der Waals surface area contributed by atoms with Crippen LogP contribution in [0.25, 0.3) is 0 Å². The smallest absolute Gasteiger partial charge is 0.309 e. The molecule has 0 aromatic carbocycles. The normalized spacial score (nSPS) is 13.1. The molecular formula is C49H76O6. The van der Waals surface area contributed by atoms with Crippen molar-refractivity contribution < 1.29 is 28.6 Å². The molecule has 0 amide bonds. The fraction of sp³-hybridized carbons (Fsp3) is 0.571. The van der Waals surface area contributed by atoms with Gasteiger partial charge in [0.1, 0.15) is 13.2 Å². The molecule has 6 nitrogen and oxygen atoms in total. The minimum atomic E-state index is -0.828. The molecule has 0 N–H and O–H groups in total. The molecule has 0 heterocycles. The van der Waals surface area contributed by atoms with Crippen LogP contribution < -0.4 is 0 Å². The molecule has 0 saturated carbocycles. The Labute approximate surface area is 336 Å². The maximum atomic E-state index is 12.7. The van der Waals surface area contributed by atoms with Crippen LogP contribution in [0, 0.1) is 0 Å². The highest BCUT2D eigenvalue weighted by atomic mass is 16.6. The third-order valence-electron chi connectivity index (χ3n) is 8.41. The van der Waals surface area contributed by atoms with Gasteiger partial charge in [-0.1, -0.05) is 182 Å². The average Bonchev–Trinajstić information content (AvgIpc) is 3.18. The van der Waals surface area contributed by atoms with Crippen molar-refractivity contribution >= 4 is 17.9 Å². The number of hydrogen-bond donors (Lipinski definition) is 0. The highest BCUT2D eigenvalue weighted by Crippen LogP contribution is 2.12. The Hall–Kier alpha value is -3.93. The van der Waals surface area contributed by atoms with Crippen LogP contribution in [0.5, 0.6) is 0 Å². The van der Waals surface area contributed by atoms with E-state index in [1.54, 1.807) is 6.08 Å². The van der Waals surface area contributed by atoms with E-state index in [2.05, 4.69) is 112 Å². The first-order valence-electron chi connectivity index (χ1n) is 21.5. The first-order chi connectivity index (χ1) is 27.0. The number of rotatable bonds is 36. The zero-order chi connectivity index (χ0) is 40.1. The first kappa shape index (κ1) is 51.1. The highest BCUT2D eigenvalue weighted by molar-refractivity contribution is 5.72. The van der Waals surface area contributed by atoms with Crippen LogP contribution in [-0.2, 0) is 28.6 Å². The Kier molecular flexibility index (Phi) is 39.7. The average molecular weight is 761 g/mol. The minimum absolute atomic E-state index is 0.123. The van der Waals surface area contributed by atoms with Crippen LogP contribution >= 0.6 is 0 Å². The topological polar surface area (TPSA) is 78.9 Å². The van der Waals surface area contributed by atoms with Crippen molar-refractivity contribution in [2.24, 2.45) is 0 Å². The lowest BCUT2D eigenvalue weighted by Gasteiger charge is -2.18. The third-order valence-corrected chi connectivity index (χ3v) is 8.41. The van der Waals surface area contributed by atoms with E-state index < -0.39 is 12.1 Å². The summed E-state index contributed by atoms with van der Waals surface area (Å²) in [6.07, 6.45) is 56.8. The molecule has 0 aliphatic carbocycles. The second-order valence-corrected chi connectivity index (χ2v) is 13.6. The van der Waals surface area contributed by atoms with Crippen molar-refractivity contribution in [1.82, 2.24) is 0 Å². The largest absolute Gasteiger partial charge is 0.462 e. The van der Waals surface area contributed by atoms with E-state index in [-0.39, 0.29) is 38.0 Å². The number of allylic oxidation sites excluding steroid dienone is 17. The number of esters is 3. The second kappa shape index (κ2) is 42.8. The standard InChI is InChI=1S/C49H76O6/c1-4-7-10-13-16-19-21-23-24-26-27-30-33-36-39-42-48(51)54-45-46(44-53-47(50)41-38-35-32-29-18-15-12-9-6-3)55-49(52)43-40-37-34-31-28-25-22-20-17-14-11-8-5-2/h7-14,16-22,29,35,38,46H,4-6,15,23-28,30-34,36-37,39-45H2,1-3H3/b10-7-,11-8-,12-9-,16-13-,17-14-,21-19-,22-20-,29-18-,38-35-. The lowest BCUT2D eigenvalue weighted by atomic mass is 10.1. The van der Waals surface area contributed by atoms with Crippen LogP contribution in [0.1, 0.15) is 162 Å². The number of carbonyl (C=O) groups is 3. The Morgan fingerprint density at radius 1 is 0.400 bits per heavy atom. The molecule has 0 bridgehead atoms. The molecule has 0 radical (unpaired) electrons. The van der Waals surface area contributed by atoms with Gasteiger partial charge in [-0.2, -0.15) is 0 Å². The van der Waals surface area contributed by atoms with E-state index in [0.717, 1.165) is 96.3 Å². The Morgan fingerprint density at radius 2 is 0.800 bits per heavy atom. The van der Waals surface area contributed by atoms with Crippen LogP contribution in [0.4, 0.5) is 0 Å². The predicted octanol–water partition coefficient (Wildman–Crippen LogP) is 13.6. The zero-order valence-electron chi connectivity index (χ0n) is 34.9. The van der Waals surface area contributed by atoms with E-state index >= 15 is 0 Å². The molecule has 0 saturated heterocycles. The molecule has 1 atom stereocenters. The number of hydrogen-bond acceptors (Lipinski definition) is 6. The van der Waals surface area contributed by atoms with Gasteiger partial charge < -0.3 is 14.2 Å². The molecular weight excluding hydrogens is 685 g/mol. The van der Waals surface area contributed by atoms with Gasteiger partial charge in [0, 0.05) is 12.8 Å². The van der Waals surface area contributed by atoms with Gasteiger partial charge in [-0.25, -0.2) is 0 Å². The van der Waals surface area contributed by atoms with Gasteiger partial charge in [0.15, 0.2) is 6.10 Å². The lowest BCUT2D eigenvalue weighted by Crippen LogP contribution is -2.30. The summed E-state index contributed by atoms with van der Waals surface area (Å²) < 4.78 is 16.5. The van der Waals surface area contributed by atoms with Crippen LogP contribution in [0.2, 0.25) is 0 Å².